The Kier molecular flexibility index (Phi) is 5.14. The van der Waals surface area contributed by atoms with E-state index >= 15 is 0 Å². The van der Waals surface area contributed by atoms with Gasteiger partial charge in [0.15, 0.2) is 9.84 Å². The Morgan fingerprint density at radius 3 is 2.73 bits per heavy atom. The van der Waals surface area contributed by atoms with E-state index in [0.29, 0.717) is 18.0 Å². The molecule has 1 atom stereocenters. The van der Waals surface area contributed by atoms with Crippen LogP contribution in [-0.2, 0) is 28.2 Å². The number of aromatic nitrogens is 2. The largest absolute Gasteiger partial charge is 0.351 e. The number of carbonyl (C=O) groups is 1. The fourth-order valence-corrected chi connectivity index (χ4v) is 4.48. The maximum atomic E-state index is 12.0. The first kappa shape index (κ1) is 17.2. The predicted molar refractivity (Wildman–Crippen MR) is 84.5 cm³/mol. The number of amides is 1. The van der Waals surface area contributed by atoms with E-state index in [1.54, 1.807) is 4.68 Å². The second kappa shape index (κ2) is 6.55. The Bertz CT molecular complexity index is 671. The summed E-state index contributed by atoms with van der Waals surface area (Å²) in [4.78, 5) is 13.8. The summed E-state index contributed by atoms with van der Waals surface area (Å²) >= 11 is 6.19. The molecule has 0 aromatic carbocycles. The van der Waals surface area contributed by atoms with Crippen molar-refractivity contribution >= 4 is 27.3 Å². The first-order chi connectivity index (χ1) is 10.2. The van der Waals surface area contributed by atoms with Gasteiger partial charge in [-0.1, -0.05) is 11.6 Å². The van der Waals surface area contributed by atoms with E-state index in [9.17, 15) is 13.2 Å². The molecule has 1 fully saturated rings. The number of nitrogens with zero attached hydrogens (tertiary/aromatic N) is 3. The number of carbonyl (C=O) groups excluding carboxylic acids is 1. The molecule has 1 amide bonds. The molecule has 22 heavy (non-hydrogen) atoms. The molecule has 1 unspecified atom stereocenters. The number of hydrogen-bond donors (Lipinski definition) is 1. The summed E-state index contributed by atoms with van der Waals surface area (Å²) in [5.41, 5.74) is 1.60. The number of likely N-dealkylation sites (N-methyl/N-ethyl adjacent to an activating group) is 1. The number of nitrogens with one attached hydrogen (secondary N) is 1. The minimum Gasteiger partial charge on any atom is -0.351 e. The summed E-state index contributed by atoms with van der Waals surface area (Å²) in [6, 6.07) is -0.270. The fourth-order valence-electron chi connectivity index (χ4n) is 2.59. The van der Waals surface area contributed by atoms with E-state index in [0.717, 1.165) is 11.4 Å². The van der Waals surface area contributed by atoms with E-state index in [-0.39, 0.29) is 30.0 Å². The van der Waals surface area contributed by atoms with Gasteiger partial charge in [-0.15, -0.1) is 0 Å². The van der Waals surface area contributed by atoms with Crippen molar-refractivity contribution in [3.8, 4) is 0 Å². The third-order valence-electron chi connectivity index (χ3n) is 3.69. The van der Waals surface area contributed by atoms with Crippen LogP contribution in [-0.4, -0.2) is 60.1 Å². The zero-order valence-electron chi connectivity index (χ0n) is 13.0. The lowest BCUT2D eigenvalue weighted by atomic mass is 10.2. The van der Waals surface area contributed by atoms with Crippen molar-refractivity contribution in [3.63, 3.8) is 0 Å². The predicted octanol–water partition coefficient (Wildman–Crippen LogP) is 0.117. The third-order valence-corrected chi connectivity index (χ3v) is 5.95. The lowest BCUT2D eigenvalue weighted by molar-refractivity contribution is -0.122. The highest BCUT2D eigenvalue weighted by Crippen LogP contribution is 2.20. The van der Waals surface area contributed by atoms with Gasteiger partial charge in [-0.05, 0) is 20.4 Å². The van der Waals surface area contributed by atoms with E-state index in [1.165, 1.54) is 0 Å². The summed E-state index contributed by atoms with van der Waals surface area (Å²) in [5.74, 6) is 0.00648. The van der Waals surface area contributed by atoms with Crippen LogP contribution < -0.4 is 5.32 Å². The monoisotopic (exact) mass is 348 g/mol. The van der Waals surface area contributed by atoms with Crippen molar-refractivity contribution in [1.29, 1.82) is 0 Å². The summed E-state index contributed by atoms with van der Waals surface area (Å²) in [7, 11) is 0.636. The molecule has 9 heteroatoms. The molecule has 2 rings (SSSR count). The Labute approximate surface area is 135 Å². The topological polar surface area (TPSA) is 84.3 Å². The Morgan fingerprint density at radius 1 is 1.55 bits per heavy atom. The molecule has 0 radical (unpaired) electrons. The maximum absolute atomic E-state index is 12.0. The molecular formula is C13H21ClN4O3S. The highest BCUT2D eigenvalue weighted by molar-refractivity contribution is 7.91. The van der Waals surface area contributed by atoms with Gasteiger partial charge in [0.25, 0.3) is 0 Å². The van der Waals surface area contributed by atoms with E-state index < -0.39 is 9.84 Å². The summed E-state index contributed by atoms with van der Waals surface area (Å²) in [6.07, 6.45) is 0.491. The average Bonchev–Trinajstić information content (AvgIpc) is 2.83. The van der Waals surface area contributed by atoms with Gasteiger partial charge >= 0.3 is 0 Å². The fraction of sp³-hybridized carbons (Fsp3) is 0.692. The number of hydrogen-bond acceptors (Lipinski definition) is 5. The SMILES string of the molecule is Cc1nn(C)c(CN(C)CC(=O)NC2CCS(=O)(=O)C2)c1Cl. The third kappa shape index (κ3) is 4.21. The number of aryl methyl sites for hydroxylation is 2. The molecule has 1 saturated heterocycles. The zero-order valence-corrected chi connectivity index (χ0v) is 14.5. The molecule has 2 heterocycles. The van der Waals surface area contributed by atoms with Crippen molar-refractivity contribution < 1.29 is 13.2 Å². The first-order valence-corrected chi connectivity index (χ1v) is 9.24. The minimum atomic E-state index is -2.98. The minimum absolute atomic E-state index is 0.0369. The lowest BCUT2D eigenvalue weighted by Gasteiger charge is -2.18. The van der Waals surface area contributed by atoms with Gasteiger partial charge in [0.1, 0.15) is 0 Å². The molecule has 0 spiro atoms. The molecule has 0 aliphatic carbocycles. The second-order valence-electron chi connectivity index (χ2n) is 5.81. The van der Waals surface area contributed by atoms with Crippen LogP contribution in [0.4, 0.5) is 0 Å². The van der Waals surface area contributed by atoms with Crippen molar-refractivity contribution in [2.24, 2.45) is 7.05 Å². The molecule has 7 nitrogen and oxygen atoms in total. The van der Waals surface area contributed by atoms with E-state index in [2.05, 4.69) is 10.4 Å². The van der Waals surface area contributed by atoms with Crippen LogP contribution in [0.1, 0.15) is 17.8 Å². The molecular weight excluding hydrogens is 328 g/mol. The number of sulfone groups is 1. The van der Waals surface area contributed by atoms with Crippen LogP contribution in [0, 0.1) is 6.92 Å². The van der Waals surface area contributed by atoms with Crippen molar-refractivity contribution in [1.82, 2.24) is 20.0 Å². The lowest BCUT2D eigenvalue weighted by Crippen LogP contribution is -2.41. The standard InChI is InChI=1S/C13H21ClN4O3S/c1-9-13(14)11(18(3)16-9)6-17(2)7-12(19)15-10-4-5-22(20,21)8-10/h10H,4-8H2,1-3H3,(H,15,19). The van der Waals surface area contributed by atoms with Crippen LogP contribution in [0.25, 0.3) is 0 Å². The zero-order chi connectivity index (χ0) is 16.5. The molecule has 1 aromatic rings. The van der Waals surface area contributed by atoms with Gasteiger partial charge in [0.2, 0.25) is 5.91 Å². The molecule has 0 saturated carbocycles. The molecule has 1 aliphatic rings. The Morgan fingerprint density at radius 2 is 2.23 bits per heavy atom. The van der Waals surface area contributed by atoms with Gasteiger partial charge in [0.05, 0.1) is 34.5 Å². The highest BCUT2D eigenvalue weighted by atomic mass is 35.5. The van der Waals surface area contributed by atoms with E-state index in [1.807, 2.05) is 25.9 Å². The van der Waals surface area contributed by atoms with Crippen molar-refractivity contribution in [3.05, 3.63) is 16.4 Å². The van der Waals surface area contributed by atoms with Crippen molar-refractivity contribution in [2.45, 2.75) is 25.9 Å². The average molecular weight is 349 g/mol. The second-order valence-corrected chi connectivity index (χ2v) is 8.42. The van der Waals surface area contributed by atoms with Gasteiger partial charge in [0, 0.05) is 19.6 Å². The van der Waals surface area contributed by atoms with Crippen LogP contribution >= 0.6 is 11.6 Å². The van der Waals surface area contributed by atoms with Crippen LogP contribution in [0.5, 0.6) is 0 Å². The maximum Gasteiger partial charge on any atom is 0.234 e. The van der Waals surface area contributed by atoms with Crippen LogP contribution in [0.3, 0.4) is 0 Å². The molecule has 1 aromatic heterocycles. The van der Waals surface area contributed by atoms with Crippen LogP contribution in [0.2, 0.25) is 5.02 Å². The molecule has 1 aliphatic heterocycles. The molecule has 0 bridgehead atoms. The summed E-state index contributed by atoms with van der Waals surface area (Å²) in [6.45, 7) is 2.50. The van der Waals surface area contributed by atoms with Gasteiger partial charge in [-0.25, -0.2) is 8.42 Å². The summed E-state index contributed by atoms with van der Waals surface area (Å²) in [5, 5.41) is 7.61. The quantitative estimate of drug-likeness (QED) is 0.817. The van der Waals surface area contributed by atoms with Crippen molar-refractivity contribution in [2.75, 3.05) is 25.1 Å². The van der Waals surface area contributed by atoms with E-state index in [4.69, 9.17) is 11.6 Å². The van der Waals surface area contributed by atoms with Gasteiger partial charge in [-0.2, -0.15) is 5.10 Å². The first-order valence-electron chi connectivity index (χ1n) is 7.04. The van der Waals surface area contributed by atoms with Gasteiger partial charge in [-0.3, -0.25) is 14.4 Å². The molecule has 1 N–H and O–H groups in total. The number of halogens is 1. The summed E-state index contributed by atoms with van der Waals surface area (Å²) < 4.78 is 24.5. The molecule has 124 valence electrons. The Balaban J connectivity index is 1.86. The van der Waals surface area contributed by atoms with Crippen LogP contribution in [0.15, 0.2) is 0 Å². The highest BCUT2D eigenvalue weighted by Gasteiger charge is 2.29. The smallest absolute Gasteiger partial charge is 0.234 e. The number of rotatable bonds is 5. The van der Waals surface area contributed by atoms with Gasteiger partial charge < -0.3 is 5.32 Å². The normalized spacial score (nSPS) is 20.5. The Hall–Kier alpha value is -1.12.